The van der Waals surface area contributed by atoms with Crippen LogP contribution in [0.5, 0.6) is 5.75 Å². The second-order valence-corrected chi connectivity index (χ2v) is 6.66. The molecule has 1 aromatic rings. The fourth-order valence-electron chi connectivity index (χ4n) is 2.51. The maximum absolute atomic E-state index is 13.7. The number of methoxy groups -OCH3 is 1. The van der Waals surface area contributed by atoms with Crippen LogP contribution in [0.1, 0.15) is 12.8 Å². The van der Waals surface area contributed by atoms with Crippen molar-refractivity contribution in [3.8, 4) is 5.75 Å². The van der Waals surface area contributed by atoms with E-state index in [0.717, 1.165) is 18.9 Å². The van der Waals surface area contributed by atoms with E-state index in [4.69, 9.17) is 4.74 Å². The van der Waals surface area contributed by atoms with E-state index < -0.39 is 15.8 Å². The van der Waals surface area contributed by atoms with Crippen molar-refractivity contribution in [3.63, 3.8) is 0 Å². The lowest BCUT2D eigenvalue weighted by molar-refractivity contribution is 0.376. The summed E-state index contributed by atoms with van der Waals surface area (Å²) < 4.78 is 45.1. The average Bonchev–Trinajstić information content (AvgIpc) is 2.88. The highest BCUT2D eigenvalue weighted by Crippen LogP contribution is 2.28. The van der Waals surface area contributed by atoms with Crippen molar-refractivity contribution in [3.05, 3.63) is 24.0 Å². The van der Waals surface area contributed by atoms with Gasteiger partial charge in [0.15, 0.2) is 11.6 Å². The van der Waals surface area contributed by atoms with Crippen LogP contribution in [-0.2, 0) is 10.0 Å². The minimum Gasteiger partial charge on any atom is -0.494 e. The van der Waals surface area contributed by atoms with Gasteiger partial charge in [-0.1, -0.05) is 0 Å². The van der Waals surface area contributed by atoms with Gasteiger partial charge >= 0.3 is 0 Å². The molecule has 0 amide bonds. The van der Waals surface area contributed by atoms with Gasteiger partial charge in [0.25, 0.3) is 0 Å². The van der Waals surface area contributed by atoms with Gasteiger partial charge in [-0.25, -0.2) is 12.8 Å². The Morgan fingerprint density at radius 1 is 1.50 bits per heavy atom. The number of rotatable bonds is 5. The molecule has 5 nitrogen and oxygen atoms in total. The Balaban J connectivity index is 2.32. The van der Waals surface area contributed by atoms with Crippen LogP contribution < -0.4 is 10.1 Å². The van der Waals surface area contributed by atoms with E-state index in [9.17, 15) is 12.8 Å². The van der Waals surface area contributed by atoms with Crippen molar-refractivity contribution in [2.75, 3.05) is 27.2 Å². The molecule has 1 fully saturated rings. The zero-order valence-corrected chi connectivity index (χ0v) is 12.4. The first-order chi connectivity index (χ1) is 9.50. The molecule has 1 atom stereocenters. The van der Waals surface area contributed by atoms with Gasteiger partial charge in [-0.05, 0) is 38.1 Å². The molecule has 7 heteroatoms. The molecule has 0 aromatic heterocycles. The van der Waals surface area contributed by atoms with Gasteiger partial charge in [-0.3, -0.25) is 0 Å². The predicted octanol–water partition coefficient (Wildman–Crippen LogP) is 1.21. The Morgan fingerprint density at radius 2 is 2.25 bits per heavy atom. The molecule has 0 radical (unpaired) electrons. The predicted molar refractivity (Wildman–Crippen MR) is 73.8 cm³/mol. The SMILES string of the molecule is CNCC1CCCN1S(=O)(=O)c1ccc(OC)c(F)c1. The van der Waals surface area contributed by atoms with Crippen molar-refractivity contribution in [1.29, 1.82) is 0 Å². The highest BCUT2D eigenvalue weighted by Gasteiger charge is 2.35. The third-order valence-corrected chi connectivity index (χ3v) is 5.44. The maximum Gasteiger partial charge on any atom is 0.243 e. The van der Waals surface area contributed by atoms with Crippen molar-refractivity contribution < 1.29 is 17.5 Å². The summed E-state index contributed by atoms with van der Waals surface area (Å²) in [5.41, 5.74) is 0. The first-order valence-corrected chi connectivity index (χ1v) is 7.94. The summed E-state index contributed by atoms with van der Waals surface area (Å²) in [7, 11) is -0.529. The van der Waals surface area contributed by atoms with E-state index in [1.165, 1.54) is 23.5 Å². The molecule has 1 unspecified atom stereocenters. The summed E-state index contributed by atoms with van der Waals surface area (Å²) >= 11 is 0. The Kier molecular flexibility index (Phi) is 4.62. The third-order valence-electron chi connectivity index (χ3n) is 3.49. The molecule has 0 saturated carbocycles. The molecule has 1 aromatic carbocycles. The van der Waals surface area contributed by atoms with Crippen LogP contribution in [0.25, 0.3) is 0 Å². The van der Waals surface area contributed by atoms with Crippen LogP contribution in [0.4, 0.5) is 4.39 Å². The number of nitrogens with zero attached hydrogens (tertiary/aromatic N) is 1. The molecule has 2 rings (SSSR count). The van der Waals surface area contributed by atoms with E-state index in [1.807, 2.05) is 0 Å². The Labute approximate surface area is 118 Å². The Morgan fingerprint density at radius 3 is 2.85 bits per heavy atom. The summed E-state index contributed by atoms with van der Waals surface area (Å²) in [5, 5.41) is 2.99. The van der Waals surface area contributed by atoms with Crippen molar-refractivity contribution in [1.82, 2.24) is 9.62 Å². The Bertz CT molecular complexity index is 577. The topological polar surface area (TPSA) is 58.6 Å². The molecular formula is C13H19FN2O3S. The lowest BCUT2D eigenvalue weighted by Crippen LogP contribution is -2.40. The van der Waals surface area contributed by atoms with Crippen molar-refractivity contribution in [2.24, 2.45) is 0 Å². The van der Waals surface area contributed by atoms with Gasteiger partial charge in [0.1, 0.15) is 0 Å². The zero-order valence-electron chi connectivity index (χ0n) is 11.6. The summed E-state index contributed by atoms with van der Waals surface area (Å²) in [6.45, 7) is 1.07. The Hall–Kier alpha value is -1.18. The molecular weight excluding hydrogens is 283 g/mol. The van der Waals surface area contributed by atoms with Gasteiger partial charge in [0.05, 0.1) is 12.0 Å². The van der Waals surface area contributed by atoms with Gasteiger partial charge < -0.3 is 10.1 Å². The van der Waals surface area contributed by atoms with E-state index in [-0.39, 0.29) is 16.7 Å². The van der Waals surface area contributed by atoms with Crippen LogP contribution in [0.2, 0.25) is 0 Å². The number of benzene rings is 1. The van der Waals surface area contributed by atoms with Crippen LogP contribution in [0, 0.1) is 5.82 Å². The normalized spacial score (nSPS) is 20.2. The maximum atomic E-state index is 13.7. The third kappa shape index (κ3) is 2.79. The molecule has 1 N–H and O–H groups in total. The number of halogens is 1. The average molecular weight is 302 g/mol. The second kappa shape index (κ2) is 6.07. The largest absolute Gasteiger partial charge is 0.494 e. The number of likely N-dealkylation sites (N-methyl/N-ethyl adjacent to an activating group) is 1. The van der Waals surface area contributed by atoms with E-state index in [2.05, 4.69) is 5.32 Å². The highest BCUT2D eigenvalue weighted by atomic mass is 32.2. The molecule has 0 spiro atoms. The van der Waals surface area contributed by atoms with Crippen LogP contribution in [0.15, 0.2) is 23.1 Å². The minimum absolute atomic E-state index is 0.0289. The summed E-state index contributed by atoms with van der Waals surface area (Å²) in [6.07, 6.45) is 1.64. The van der Waals surface area contributed by atoms with Gasteiger partial charge in [-0.2, -0.15) is 4.31 Å². The van der Waals surface area contributed by atoms with E-state index >= 15 is 0 Å². The lowest BCUT2D eigenvalue weighted by atomic mass is 10.2. The standard InChI is InChI=1S/C13H19FN2O3S/c1-15-9-10-4-3-7-16(10)20(17,18)11-5-6-13(19-2)12(14)8-11/h5-6,8,10,15H,3-4,7,9H2,1-2H3. The van der Waals surface area contributed by atoms with Crippen molar-refractivity contribution in [2.45, 2.75) is 23.8 Å². The van der Waals surface area contributed by atoms with Crippen LogP contribution >= 0.6 is 0 Å². The number of hydrogen-bond donors (Lipinski definition) is 1. The summed E-state index contributed by atoms with van der Waals surface area (Å²) in [6, 6.07) is 3.66. The summed E-state index contributed by atoms with van der Waals surface area (Å²) in [5.74, 6) is -0.630. The molecule has 1 aliphatic rings. The van der Waals surface area contributed by atoms with Gasteiger partial charge in [0, 0.05) is 19.1 Å². The molecule has 1 aliphatic heterocycles. The fraction of sp³-hybridized carbons (Fsp3) is 0.538. The van der Waals surface area contributed by atoms with E-state index in [0.29, 0.717) is 13.1 Å². The zero-order chi connectivity index (χ0) is 14.8. The molecule has 1 saturated heterocycles. The monoisotopic (exact) mass is 302 g/mol. The van der Waals surface area contributed by atoms with Crippen LogP contribution in [0.3, 0.4) is 0 Å². The molecule has 20 heavy (non-hydrogen) atoms. The lowest BCUT2D eigenvalue weighted by Gasteiger charge is -2.24. The molecule has 1 heterocycles. The number of ether oxygens (including phenoxy) is 1. The van der Waals surface area contributed by atoms with Crippen molar-refractivity contribution >= 4 is 10.0 Å². The fourth-order valence-corrected chi connectivity index (χ4v) is 4.21. The van der Waals surface area contributed by atoms with Gasteiger partial charge in [-0.15, -0.1) is 0 Å². The minimum atomic E-state index is -3.66. The second-order valence-electron chi connectivity index (χ2n) is 4.77. The quantitative estimate of drug-likeness (QED) is 0.888. The van der Waals surface area contributed by atoms with Gasteiger partial charge in [0.2, 0.25) is 10.0 Å². The molecule has 0 aliphatic carbocycles. The first-order valence-electron chi connectivity index (χ1n) is 6.50. The smallest absolute Gasteiger partial charge is 0.243 e. The number of nitrogens with one attached hydrogen (secondary N) is 1. The molecule has 112 valence electrons. The molecule has 0 bridgehead atoms. The first kappa shape index (κ1) is 15.2. The highest BCUT2D eigenvalue weighted by molar-refractivity contribution is 7.89. The summed E-state index contributed by atoms with van der Waals surface area (Å²) in [4.78, 5) is -0.0289. The number of hydrogen-bond acceptors (Lipinski definition) is 4. The van der Waals surface area contributed by atoms with E-state index in [1.54, 1.807) is 7.05 Å². The number of sulfonamides is 1. The van der Waals surface area contributed by atoms with Crippen LogP contribution in [-0.4, -0.2) is 46.0 Å².